The number of nitriles is 1. The van der Waals surface area contributed by atoms with Crippen molar-refractivity contribution in [3.05, 3.63) is 12.4 Å². The number of nitrogens with zero attached hydrogens (tertiary/aromatic N) is 4. The van der Waals surface area contributed by atoms with Gasteiger partial charge in [0, 0.05) is 13.2 Å². The monoisotopic (exact) mass is 233 g/mol. The highest BCUT2D eigenvalue weighted by molar-refractivity contribution is 5.95. The van der Waals surface area contributed by atoms with Crippen LogP contribution in [0.5, 0.6) is 0 Å². The van der Waals surface area contributed by atoms with E-state index in [2.05, 4.69) is 26.6 Å². The van der Waals surface area contributed by atoms with Gasteiger partial charge in [0.05, 0.1) is 18.5 Å². The lowest BCUT2D eigenvalue weighted by Gasteiger charge is -2.28. The van der Waals surface area contributed by atoms with E-state index >= 15 is 0 Å². The summed E-state index contributed by atoms with van der Waals surface area (Å²) >= 11 is 0. The summed E-state index contributed by atoms with van der Waals surface area (Å²) < 4.78 is 5.15. The van der Waals surface area contributed by atoms with E-state index in [4.69, 9.17) is 10.00 Å². The zero-order valence-corrected chi connectivity index (χ0v) is 9.09. The highest BCUT2D eigenvalue weighted by atomic mass is 16.5. The molecule has 1 N–H and O–H groups in total. The van der Waals surface area contributed by atoms with Gasteiger partial charge in [-0.2, -0.15) is 10.4 Å². The van der Waals surface area contributed by atoms with Crippen molar-refractivity contribution < 1.29 is 9.53 Å². The summed E-state index contributed by atoms with van der Waals surface area (Å²) in [6.45, 7) is 0.823. The molecule has 7 nitrogen and oxygen atoms in total. The number of amides is 1. The molecule has 1 aliphatic heterocycles. The second kappa shape index (κ2) is 4.84. The Balaban J connectivity index is 2.11. The average Bonchev–Trinajstić information content (AvgIpc) is 2.40. The van der Waals surface area contributed by atoms with Crippen LogP contribution in [0.1, 0.15) is 12.8 Å². The van der Waals surface area contributed by atoms with Gasteiger partial charge in [-0.25, -0.2) is 4.98 Å². The first-order chi connectivity index (χ1) is 8.27. The molecule has 1 saturated heterocycles. The fourth-order valence-corrected chi connectivity index (χ4v) is 1.64. The smallest absolute Gasteiger partial charge is 0.249 e. The lowest BCUT2D eigenvalue weighted by Crippen LogP contribution is -2.40. The third-order valence-corrected chi connectivity index (χ3v) is 2.70. The van der Waals surface area contributed by atoms with Gasteiger partial charge in [0.1, 0.15) is 5.41 Å². The lowest BCUT2D eigenvalue weighted by molar-refractivity contribution is -0.127. The van der Waals surface area contributed by atoms with E-state index in [1.54, 1.807) is 0 Å². The Morgan fingerprint density at radius 2 is 2.24 bits per heavy atom. The molecule has 88 valence electrons. The van der Waals surface area contributed by atoms with Crippen LogP contribution in [0.15, 0.2) is 12.4 Å². The highest BCUT2D eigenvalue weighted by Crippen LogP contribution is 2.30. The predicted octanol–water partition coefficient (Wildman–Crippen LogP) is 0.130. The van der Waals surface area contributed by atoms with E-state index in [0.717, 1.165) is 0 Å². The van der Waals surface area contributed by atoms with Crippen molar-refractivity contribution in [2.24, 2.45) is 5.41 Å². The Kier molecular flexibility index (Phi) is 3.25. The number of carbonyl (C=O) groups is 1. The molecule has 1 aromatic rings. The second-order valence-electron chi connectivity index (χ2n) is 3.73. The number of hydrogen-bond donors (Lipinski definition) is 1. The molecule has 0 radical (unpaired) electrons. The zero-order chi connectivity index (χ0) is 12.1. The van der Waals surface area contributed by atoms with Crippen molar-refractivity contribution in [3.8, 4) is 6.07 Å². The molecular formula is C10H11N5O2. The van der Waals surface area contributed by atoms with Crippen LogP contribution in [0.2, 0.25) is 0 Å². The third kappa shape index (κ3) is 2.37. The fourth-order valence-electron chi connectivity index (χ4n) is 1.64. The summed E-state index contributed by atoms with van der Waals surface area (Å²) in [6.07, 6.45) is 3.60. The molecule has 2 heterocycles. The van der Waals surface area contributed by atoms with E-state index in [-0.39, 0.29) is 5.95 Å². The van der Waals surface area contributed by atoms with Gasteiger partial charge in [-0.05, 0) is 12.8 Å². The molecule has 1 amide bonds. The van der Waals surface area contributed by atoms with Gasteiger partial charge >= 0.3 is 0 Å². The molecule has 0 unspecified atom stereocenters. The van der Waals surface area contributed by atoms with Crippen molar-refractivity contribution in [2.75, 3.05) is 18.5 Å². The molecule has 0 aromatic carbocycles. The van der Waals surface area contributed by atoms with Gasteiger partial charge in [-0.15, -0.1) is 5.10 Å². The summed E-state index contributed by atoms with van der Waals surface area (Å²) in [4.78, 5) is 15.9. The van der Waals surface area contributed by atoms with Gasteiger partial charge < -0.3 is 4.74 Å². The first-order valence-corrected chi connectivity index (χ1v) is 5.21. The summed E-state index contributed by atoms with van der Waals surface area (Å²) in [5.41, 5.74) is -1.04. The van der Waals surface area contributed by atoms with Crippen LogP contribution < -0.4 is 5.32 Å². The second-order valence-corrected chi connectivity index (χ2v) is 3.73. The molecule has 1 aliphatic rings. The van der Waals surface area contributed by atoms with Gasteiger partial charge in [0.25, 0.3) is 0 Å². The Labute approximate surface area is 97.8 Å². The minimum atomic E-state index is -1.04. The highest BCUT2D eigenvalue weighted by Gasteiger charge is 2.40. The Hall–Kier alpha value is -2.07. The van der Waals surface area contributed by atoms with Crippen molar-refractivity contribution in [2.45, 2.75) is 12.8 Å². The summed E-state index contributed by atoms with van der Waals surface area (Å²) in [5, 5.41) is 18.9. The first-order valence-electron chi connectivity index (χ1n) is 5.21. The first kappa shape index (κ1) is 11.4. The molecule has 7 heteroatoms. The average molecular weight is 233 g/mol. The normalized spacial score (nSPS) is 18.1. The number of rotatable bonds is 2. The standard InChI is InChI=1S/C10H11N5O2/c11-7-10(1-5-17-6-2-10)8(16)14-9-12-3-4-13-15-9/h3-4H,1-2,5-6H2,(H,12,14,15,16). The summed E-state index contributed by atoms with van der Waals surface area (Å²) in [6, 6.07) is 2.07. The molecule has 1 aromatic heterocycles. The molecule has 0 aliphatic carbocycles. The Morgan fingerprint density at radius 3 is 2.82 bits per heavy atom. The van der Waals surface area contributed by atoms with Crippen LogP contribution in [0.3, 0.4) is 0 Å². The molecule has 0 atom stereocenters. The van der Waals surface area contributed by atoms with Gasteiger partial charge in [0.15, 0.2) is 0 Å². The zero-order valence-electron chi connectivity index (χ0n) is 9.09. The van der Waals surface area contributed by atoms with E-state index < -0.39 is 11.3 Å². The Morgan fingerprint density at radius 1 is 1.47 bits per heavy atom. The van der Waals surface area contributed by atoms with Crippen LogP contribution in [0.25, 0.3) is 0 Å². The molecule has 1 fully saturated rings. The maximum Gasteiger partial charge on any atom is 0.249 e. The van der Waals surface area contributed by atoms with Crippen LogP contribution in [0.4, 0.5) is 5.95 Å². The fraction of sp³-hybridized carbons (Fsp3) is 0.500. The number of aromatic nitrogens is 3. The topological polar surface area (TPSA) is 101 Å². The van der Waals surface area contributed by atoms with Crippen molar-refractivity contribution in [3.63, 3.8) is 0 Å². The van der Waals surface area contributed by atoms with Crippen LogP contribution in [0, 0.1) is 16.7 Å². The van der Waals surface area contributed by atoms with Gasteiger partial charge in [0.2, 0.25) is 11.9 Å². The van der Waals surface area contributed by atoms with Crippen LogP contribution >= 0.6 is 0 Å². The van der Waals surface area contributed by atoms with Gasteiger partial charge in [-0.3, -0.25) is 10.1 Å². The molecule has 0 bridgehead atoms. The molecule has 0 saturated carbocycles. The number of ether oxygens (including phenoxy) is 1. The minimum absolute atomic E-state index is 0.110. The maximum absolute atomic E-state index is 12.0. The largest absolute Gasteiger partial charge is 0.381 e. The van der Waals surface area contributed by atoms with E-state index in [1.807, 2.05) is 0 Å². The lowest BCUT2D eigenvalue weighted by atomic mass is 9.81. The molecule has 17 heavy (non-hydrogen) atoms. The molecule has 0 spiro atoms. The predicted molar refractivity (Wildman–Crippen MR) is 56.6 cm³/mol. The Bertz CT molecular complexity index is 436. The van der Waals surface area contributed by atoms with Crippen molar-refractivity contribution in [1.82, 2.24) is 15.2 Å². The summed E-state index contributed by atoms with van der Waals surface area (Å²) in [5.74, 6) is -0.282. The number of hydrogen-bond acceptors (Lipinski definition) is 6. The quantitative estimate of drug-likeness (QED) is 0.779. The summed E-state index contributed by atoms with van der Waals surface area (Å²) in [7, 11) is 0. The van der Waals surface area contributed by atoms with Gasteiger partial charge in [-0.1, -0.05) is 0 Å². The molecular weight excluding hydrogens is 222 g/mol. The number of carbonyl (C=O) groups excluding carboxylic acids is 1. The number of anilines is 1. The van der Waals surface area contributed by atoms with E-state index in [1.165, 1.54) is 12.4 Å². The third-order valence-electron chi connectivity index (χ3n) is 2.70. The van der Waals surface area contributed by atoms with E-state index in [9.17, 15) is 4.79 Å². The van der Waals surface area contributed by atoms with Crippen LogP contribution in [-0.2, 0) is 9.53 Å². The number of nitrogens with one attached hydrogen (secondary N) is 1. The van der Waals surface area contributed by atoms with Crippen molar-refractivity contribution in [1.29, 1.82) is 5.26 Å². The SMILES string of the molecule is N#CC1(C(=O)Nc2nccnn2)CCOCC1. The minimum Gasteiger partial charge on any atom is -0.381 e. The van der Waals surface area contributed by atoms with Crippen LogP contribution in [-0.4, -0.2) is 34.3 Å². The van der Waals surface area contributed by atoms with E-state index in [0.29, 0.717) is 26.1 Å². The molecule has 2 rings (SSSR count). The van der Waals surface area contributed by atoms with Crippen molar-refractivity contribution >= 4 is 11.9 Å². The maximum atomic E-state index is 12.0.